The largest absolute Gasteiger partial charge is 0.352 e. The highest BCUT2D eigenvalue weighted by atomic mass is 32.1. The average molecular weight is 430 g/mol. The average Bonchev–Trinajstić information content (AvgIpc) is 3.11. The van der Waals surface area contributed by atoms with E-state index in [1.807, 2.05) is 16.2 Å². The molecule has 4 rings (SSSR count). The lowest BCUT2D eigenvalue weighted by atomic mass is 9.89. The van der Waals surface area contributed by atoms with E-state index >= 15 is 0 Å². The van der Waals surface area contributed by atoms with Gasteiger partial charge in [-0.15, -0.1) is 11.3 Å². The second-order valence-electron chi connectivity index (χ2n) is 8.80. The molecule has 7 heteroatoms. The monoisotopic (exact) mass is 429 g/mol. The van der Waals surface area contributed by atoms with E-state index in [2.05, 4.69) is 31.0 Å². The lowest BCUT2D eigenvalue weighted by molar-refractivity contribution is 0.194. The first-order valence-electron chi connectivity index (χ1n) is 11.7. The number of nitrogens with one attached hydrogen (secondary N) is 1. The van der Waals surface area contributed by atoms with E-state index in [1.165, 1.54) is 33.5 Å². The van der Waals surface area contributed by atoms with Gasteiger partial charge in [-0.25, -0.2) is 14.8 Å². The summed E-state index contributed by atoms with van der Waals surface area (Å²) in [5, 5.41) is 4.34. The predicted octanol–water partition coefficient (Wildman–Crippen LogP) is 4.40. The molecular weight excluding hydrogens is 394 g/mol. The third-order valence-electron chi connectivity index (χ3n) is 6.33. The van der Waals surface area contributed by atoms with Gasteiger partial charge in [0.15, 0.2) is 0 Å². The van der Waals surface area contributed by atoms with E-state index in [0.717, 1.165) is 82.4 Å². The molecule has 164 valence electrons. The quantitative estimate of drug-likeness (QED) is 0.692. The van der Waals surface area contributed by atoms with Gasteiger partial charge in [-0.1, -0.05) is 27.2 Å². The molecule has 2 aromatic rings. The summed E-state index contributed by atoms with van der Waals surface area (Å²) < 4.78 is 0. The summed E-state index contributed by atoms with van der Waals surface area (Å²) >= 11 is 1.89. The Balaban J connectivity index is 1.57. The van der Waals surface area contributed by atoms with Gasteiger partial charge < -0.3 is 15.1 Å². The third-order valence-corrected chi connectivity index (χ3v) is 7.48. The van der Waals surface area contributed by atoms with Gasteiger partial charge >= 0.3 is 6.03 Å². The number of amides is 2. The Bertz CT molecular complexity index is 887. The summed E-state index contributed by atoms with van der Waals surface area (Å²) in [6.07, 6.45) is 7.67. The minimum Gasteiger partial charge on any atom is -0.352 e. The molecule has 0 unspecified atom stereocenters. The zero-order valence-electron chi connectivity index (χ0n) is 18.7. The number of rotatable bonds is 6. The maximum absolute atomic E-state index is 12.4. The Labute approximate surface area is 184 Å². The van der Waals surface area contributed by atoms with Crippen molar-refractivity contribution < 1.29 is 4.79 Å². The van der Waals surface area contributed by atoms with Crippen LogP contribution in [0.15, 0.2) is 0 Å². The van der Waals surface area contributed by atoms with Gasteiger partial charge in [-0.05, 0) is 43.6 Å². The van der Waals surface area contributed by atoms with Gasteiger partial charge in [-0.3, -0.25) is 0 Å². The van der Waals surface area contributed by atoms with Crippen molar-refractivity contribution in [2.24, 2.45) is 5.92 Å². The van der Waals surface area contributed by atoms with Crippen molar-refractivity contribution in [2.75, 3.05) is 37.6 Å². The molecule has 1 atom stereocenters. The number of hydrogen-bond donors (Lipinski definition) is 1. The summed E-state index contributed by atoms with van der Waals surface area (Å²) in [7, 11) is 0. The van der Waals surface area contributed by atoms with E-state index in [4.69, 9.17) is 9.97 Å². The fourth-order valence-electron chi connectivity index (χ4n) is 4.54. The number of fused-ring (bicyclic) bond motifs is 3. The molecule has 0 spiro atoms. The molecule has 1 N–H and O–H groups in total. The topological polar surface area (TPSA) is 61.4 Å². The molecule has 0 saturated carbocycles. The Morgan fingerprint density at radius 1 is 1.17 bits per heavy atom. The number of anilines is 1. The molecule has 0 aromatic carbocycles. The first-order chi connectivity index (χ1) is 14.6. The van der Waals surface area contributed by atoms with Gasteiger partial charge in [0.2, 0.25) is 0 Å². The van der Waals surface area contributed by atoms with Crippen LogP contribution in [-0.4, -0.2) is 53.6 Å². The predicted molar refractivity (Wildman–Crippen MR) is 125 cm³/mol. The normalized spacial score (nSPS) is 19.2. The summed E-state index contributed by atoms with van der Waals surface area (Å²) in [6, 6.07) is 0.0736. The Hall–Kier alpha value is -1.89. The summed E-state index contributed by atoms with van der Waals surface area (Å²) in [6.45, 7) is 10.6. The second kappa shape index (κ2) is 9.50. The standard InChI is InChI=1S/C23H35N5OS/c1-4-6-10-24-23(29)28-13-11-27(12-14-28)21-20-17-9-8-16(3)15-18(17)30-22(20)26-19(25-21)7-5-2/h16H,4-15H2,1-3H3,(H,24,29)/t16-/m0/s1. The molecular formula is C23H35N5OS. The van der Waals surface area contributed by atoms with Gasteiger partial charge in [0, 0.05) is 44.0 Å². The zero-order chi connectivity index (χ0) is 21.1. The highest BCUT2D eigenvalue weighted by Gasteiger charge is 2.28. The maximum atomic E-state index is 12.4. The summed E-state index contributed by atoms with van der Waals surface area (Å²) in [4.78, 5) is 29.4. The number of unbranched alkanes of at least 4 members (excludes halogenated alkanes) is 1. The van der Waals surface area contributed by atoms with Gasteiger partial charge in [0.25, 0.3) is 0 Å². The lowest BCUT2D eigenvalue weighted by Crippen LogP contribution is -2.52. The van der Waals surface area contributed by atoms with Gasteiger partial charge in [0.05, 0.1) is 5.39 Å². The minimum atomic E-state index is 0.0736. The van der Waals surface area contributed by atoms with Crippen molar-refractivity contribution in [3.05, 3.63) is 16.3 Å². The number of aryl methyl sites for hydroxylation is 2. The Morgan fingerprint density at radius 2 is 1.97 bits per heavy atom. The van der Waals surface area contributed by atoms with E-state index in [1.54, 1.807) is 0 Å². The number of nitrogens with zero attached hydrogens (tertiary/aromatic N) is 4. The van der Waals surface area contributed by atoms with Crippen LogP contribution < -0.4 is 10.2 Å². The molecule has 6 nitrogen and oxygen atoms in total. The van der Waals surface area contributed by atoms with Gasteiger partial charge in [-0.2, -0.15) is 0 Å². The van der Waals surface area contributed by atoms with Crippen LogP contribution in [0.5, 0.6) is 0 Å². The van der Waals surface area contributed by atoms with E-state index < -0.39 is 0 Å². The summed E-state index contributed by atoms with van der Waals surface area (Å²) in [5.74, 6) is 2.83. The van der Waals surface area contributed by atoms with E-state index in [0.29, 0.717) is 0 Å². The molecule has 1 aliphatic carbocycles. The van der Waals surface area contributed by atoms with Crippen LogP contribution in [0.1, 0.15) is 62.7 Å². The third kappa shape index (κ3) is 4.41. The fraction of sp³-hybridized carbons (Fsp3) is 0.696. The number of carbonyl (C=O) groups is 1. The van der Waals surface area contributed by atoms with Crippen LogP contribution in [0.3, 0.4) is 0 Å². The first-order valence-corrected chi connectivity index (χ1v) is 12.5. The van der Waals surface area contributed by atoms with Crippen LogP contribution in [0.4, 0.5) is 10.6 Å². The first kappa shape index (κ1) is 21.3. The number of urea groups is 1. The van der Waals surface area contributed by atoms with Crippen LogP contribution in [0, 0.1) is 5.92 Å². The minimum absolute atomic E-state index is 0.0736. The Kier molecular flexibility index (Phi) is 6.76. The maximum Gasteiger partial charge on any atom is 0.317 e. The number of hydrogen-bond acceptors (Lipinski definition) is 5. The van der Waals surface area contributed by atoms with Crippen molar-refractivity contribution >= 4 is 33.4 Å². The molecule has 0 bridgehead atoms. The van der Waals surface area contributed by atoms with Crippen LogP contribution in [-0.2, 0) is 19.3 Å². The smallest absolute Gasteiger partial charge is 0.317 e. The van der Waals surface area contributed by atoms with E-state index in [9.17, 15) is 4.79 Å². The molecule has 30 heavy (non-hydrogen) atoms. The van der Waals surface area contributed by atoms with Crippen LogP contribution >= 0.6 is 11.3 Å². The molecule has 3 heterocycles. The van der Waals surface area contributed by atoms with Crippen molar-refractivity contribution in [1.29, 1.82) is 0 Å². The molecule has 1 saturated heterocycles. The fourth-order valence-corrected chi connectivity index (χ4v) is 5.93. The van der Waals surface area contributed by atoms with Crippen molar-refractivity contribution in [3.63, 3.8) is 0 Å². The van der Waals surface area contributed by atoms with Crippen LogP contribution in [0.2, 0.25) is 0 Å². The number of thiophene rings is 1. The highest BCUT2D eigenvalue weighted by molar-refractivity contribution is 7.19. The molecule has 2 aliphatic rings. The van der Waals surface area contributed by atoms with Crippen LogP contribution in [0.25, 0.3) is 10.2 Å². The summed E-state index contributed by atoms with van der Waals surface area (Å²) in [5.41, 5.74) is 1.49. The van der Waals surface area contributed by atoms with Crippen molar-refractivity contribution in [1.82, 2.24) is 20.2 Å². The van der Waals surface area contributed by atoms with Crippen molar-refractivity contribution in [2.45, 2.75) is 65.7 Å². The number of aromatic nitrogens is 2. The van der Waals surface area contributed by atoms with Gasteiger partial charge in [0.1, 0.15) is 16.5 Å². The SMILES string of the molecule is CCCCNC(=O)N1CCN(c2nc(CCC)nc3sc4c(c23)CC[C@H](C)C4)CC1. The molecule has 0 radical (unpaired) electrons. The Morgan fingerprint density at radius 3 is 2.70 bits per heavy atom. The molecule has 1 aliphatic heterocycles. The second-order valence-corrected chi connectivity index (χ2v) is 9.89. The lowest BCUT2D eigenvalue weighted by Gasteiger charge is -2.36. The highest BCUT2D eigenvalue weighted by Crippen LogP contribution is 2.41. The number of carbonyl (C=O) groups excluding carboxylic acids is 1. The van der Waals surface area contributed by atoms with E-state index in [-0.39, 0.29) is 6.03 Å². The molecule has 2 aromatic heterocycles. The van der Waals surface area contributed by atoms with Crippen molar-refractivity contribution in [3.8, 4) is 0 Å². The zero-order valence-corrected chi connectivity index (χ0v) is 19.5. The molecule has 1 fully saturated rings. The number of piperazine rings is 1. The molecule has 2 amide bonds.